The fraction of sp³-hybridized carbons (Fsp3) is 0.435. The highest BCUT2D eigenvalue weighted by Crippen LogP contribution is 2.33. The molecule has 1 aliphatic carbocycles. The number of aromatic amines is 1. The van der Waals surface area contributed by atoms with Crippen molar-refractivity contribution in [3.63, 3.8) is 0 Å². The number of rotatable bonds is 6. The van der Waals surface area contributed by atoms with Crippen molar-refractivity contribution < 1.29 is 14.3 Å². The number of amides is 1. The van der Waals surface area contributed by atoms with Gasteiger partial charge in [0.05, 0.1) is 23.7 Å². The Hall–Kier alpha value is -3.60. The largest absolute Gasteiger partial charge is 0.392 e. The molecule has 4 N–H and O–H groups in total. The quantitative estimate of drug-likeness (QED) is 0.408. The van der Waals surface area contributed by atoms with E-state index < -0.39 is 18.1 Å². The third-order valence-corrected chi connectivity index (χ3v) is 6.22. The highest BCUT2D eigenvalue weighted by Gasteiger charge is 2.35. The minimum absolute atomic E-state index is 0.224. The summed E-state index contributed by atoms with van der Waals surface area (Å²) in [4.78, 5) is 28.0. The molecule has 0 saturated carbocycles. The van der Waals surface area contributed by atoms with E-state index >= 15 is 0 Å². The van der Waals surface area contributed by atoms with Crippen LogP contribution in [0.5, 0.6) is 0 Å². The first-order valence-electron chi connectivity index (χ1n) is 11.5. The zero-order chi connectivity index (χ0) is 23.8. The van der Waals surface area contributed by atoms with Gasteiger partial charge in [-0.3, -0.25) is 9.89 Å². The molecule has 3 aromatic heterocycles. The first-order chi connectivity index (χ1) is 16.4. The lowest BCUT2D eigenvalue weighted by molar-refractivity contribution is -0.117. The fourth-order valence-electron chi connectivity index (χ4n) is 4.44. The van der Waals surface area contributed by atoms with Crippen LogP contribution in [0.15, 0.2) is 24.4 Å². The summed E-state index contributed by atoms with van der Waals surface area (Å²) >= 11 is 0. The molecule has 0 unspecified atom stereocenters. The Bertz CT molecular complexity index is 1200. The number of nitrogens with one attached hydrogen (secondary N) is 3. The van der Waals surface area contributed by atoms with Gasteiger partial charge in [-0.05, 0) is 30.9 Å². The first-order valence-corrected chi connectivity index (χ1v) is 11.5. The Morgan fingerprint density at radius 3 is 2.88 bits per heavy atom. The van der Waals surface area contributed by atoms with Crippen molar-refractivity contribution in [3.8, 4) is 0 Å². The highest BCUT2D eigenvalue weighted by atomic mass is 19.1. The lowest BCUT2D eigenvalue weighted by Crippen LogP contribution is -2.40. The molecule has 2 aliphatic rings. The number of hydrogen-bond acceptors (Lipinski definition) is 8. The van der Waals surface area contributed by atoms with Crippen molar-refractivity contribution in [1.29, 1.82) is 0 Å². The summed E-state index contributed by atoms with van der Waals surface area (Å²) in [7, 11) is 0. The first kappa shape index (κ1) is 22.2. The lowest BCUT2D eigenvalue weighted by atomic mass is 10.1. The average molecular weight is 467 g/mol. The van der Waals surface area contributed by atoms with Crippen molar-refractivity contribution in [2.45, 2.75) is 57.6 Å². The van der Waals surface area contributed by atoms with Crippen LogP contribution in [0.25, 0.3) is 0 Å². The van der Waals surface area contributed by atoms with Gasteiger partial charge in [-0.15, -0.1) is 0 Å². The number of H-pyrrole nitrogens is 1. The predicted molar refractivity (Wildman–Crippen MR) is 125 cm³/mol. The van der Waals surface area contributed by atoms with E-state index in [4.69, 9.17) is 9.97 Å². The summed E-state index contributed by atoms with van der Waals surface area (Å²) in [5.41, 5.74) is 3.06. The predicted octanol–water partition coefficient (Wildman–Crippen LogP) is 2.67. The summed E-state index contributed by atoms with van der Waals surface area (Å²) in [6.45, 7) is 4.78. The van der Waals surface area contributed by atoms with Gasteiger partial charge in [-0.25, -0.2) is 9.97 Å². The van der Waals surface area contributed by atoms with E-state index in [0.29, 0.717) is 55.0 Å². The van der Waals surface area contributed by atoms with Gasteiger partial charge in [0.1, 0.15) is 11.9 Å². The Labute approximate surface area is 196 Å². The minimum Gasteiger partial charge on any atom is -0.392 e. The van der Waals surface area contributed by atoms with Crippen LogP contribution < -0.4 is 15.5 Å². The van der Waals surface area contributed by atoms with Gasteiger partial charge >= 0.3 is 0 Å². The number of hydrogen-bond donors (Lipinski definition) is 4. The number of nitrogens with zero attached hydrogens (tertiary/aromatic N) is 5. The molecule has 10 nitrogen and oxygen atoms in total. The Morgan fingerprint density at radius 2 is 2.15 bits per heavy atom. The van der Waals surface area contributed by atoms with E-state index in [1.165, 1.54) is 18.3 Å². The van der Waals surface area contributed by atoms with Gasteiger partial charge in [-0.1, -0.05) is 13.8 Å². The average Bonchev–Trinajstić information content (AvgIpc) is 3.54. The van der Waals surface area contributed by atoms with E-state index in [0.717, 1.165) is 23.4 Å². The summed E-state index contributed by atoms with van der Waals surface area (Å²) in [5, 5.41) is 23.7. The highest BCUT2D eigenvalue weighted by molar-refractivity contribution is 5.96. The fourth-order valence-corrected chi connectivity index (χ4v) is 4.44. The maximum Gasteiger partial charge on any atom is 0.247 e. The summed E-state index contributed by atoms with van der Waals surface area (Å²) < 4.78 is 13.1. The summed E-state index contributed by atoms with van der Waals surface area (Å²) in [6.07, 6.45) is 3.11. The van der Waals surface area contributed by atoms with Crippen LogP contribution >= 0.6 is 0 Å². The third-order valence-electron chi connectivity index (χ3n) is 6.22. The molecule has 0 bridgehead atoms. The van der Waals surface area contributed by atoms with E-state index in [-0.39, 0.29) is 5.91 Å². The van der Waals surface area contributed by atoms with E-state index in [2.05, 4.69) is 39.7 Å². The second-order valence-electron chi connectivity index (χ2n) is 9.06. The number of carbonyl (C=O) groups is 1. The number of aliphatic hydroxyl groups is 1. The van der Waals surface area contributed by atoms with Gasteiger partial charge in [0.25, 0.3) is 0 Å². The van der Waals surface area contributed by atoms with Gasteiger partial charge in [-0.2, -0.15) is 14.5 Å². The van der Waals surface area contributed by atoms with Crippen LogP contribution in [-0.4, -0.2) is 54.9 Å². The molecule has 3 aromatic rings. The van der Waals surface area contributed by atoms with Crippen LogP contribution in [0.4, 0.5) is 27.7 Å². The van der Waals surface area contributed by atoms with Crippen molar-refractivity contribution in [2.75, 3.05) is 22.1 Å². The Kier molecular flexibility index (Phi) is 5.86. The van der Waals surface area contributed by atoms with Gasteiger partial charge < -0.3 is 20.6 Å². The number of halogens is 1. The molecule has 4 heterocycles. The van der Waals surface area contributed by atoms with Crippen LogP contribution in [0.2, 0.25) is 0 Å². The van der Waals surface area contributed by atoms with Crippen molar-refractivity contribution >= 4 is 29.2 Å². The number of aliphatic hydroxyl groups excluding tert-OH is 1. The molecule has 178 valence electrons. The Balaban J connectivity index is 1.42. The third kappa shape index (κ3) is 4.43. The second kappa shape index (κ2) is 8.98. The van der Waals surface area contributed by atoms with E-state index in [9.17, 15) is 14.3 Å². The molecule has 1 saturated heterocycles. The van der Waals surface area contributed by atoms with Crippen LogP contribution in [-0.2, 0) is 17.6 Å². The van der Waals surface area contributed by atoms with Crippen molar-refractivity contribution in [2.24, 2.45) is 0 Å². The molecule has 34 heavy (non-hydrogen) atoms. The molecule has 5 rings (SSSR count). The van der Waals surface area contributed by atoms with Crippen LogP contribution in [0.3, 0.4) is 0 Å². The summed E-state index contributed by atoms with van der Waals surface area (Å²) in [5.74, 6) is 1.13. The smallest absolute Gasteiger partial charge is 0.247 e. The summed E-state index contributed by atoms with van der Waals surface area (Å²) in [6, 6.07) is 4.14. The van der Waals surface area contributed by atoms with Gasteiger partial charge in [0, 0.05) is 36.7 Å². The molecule has 1 amide bonds. The molecule has 0 radical (unpaired) electrons. The topological polar surface area (TPSA) is 132 Å². The van der Waals surface area contributed by atoms with Crippen molar-refractivity contribution in [1.82, 2.24) is 25.1 Å². The standard InChI is InChI=1S/C23H27FN8O2/c1-12(2)16-10-20(31-30-16)28-21-15-8-14(33)9-17(15)27-23(29-21)32-7-3-4-18(32)22(34)26-13-5-6-19(24)25-11-13/h5-6,10-12,14,18,33H,3-4,7-9H2,1-2H3,(H,26,34)(H2,27,28,29,30,31)/t14-,18+/m1/s1. The number of aromatic nitrogens is 5. The lowest BCUT2D eigenvalue weighted by Gasteiger charge is -2.25. The number of carbonyl (C=O) groups excluding carboxylic acids is 1. The van der Waals surface area contributed by atoms with Gasteiger partial charge in [0.15, 0.2) is 5.82 Å². The number of fused-ring (bicyclic) bond motifs is 1. The monoisotopic (exact) mass is 466 g/mol. The molecule has 1 fully saturated rings. The molecule has 1 aliphatic heterocycles. The van der Waals surface area contributed by atoms with Crippen LogP contribution in [0.1, 0.15) is 49.6 Å². The minimum atomic E-state index is -0.605. The Morgan fingerprint density at radius 1 is 1.29 bits per heavy atom. The molecule has 2 atom stereocenters. The van der Waals surface area contributed by atoms with Crippen molar-refractivity contribution in [3.05, 3.63) is 47.3 Å². The SMILES string of the molecule is CC(C)c1cc(Nc2nc(N3CCC[C@H]3C(=O)Nc3ccc(F)nc3)nc3c2C[C@@H](O)C3)n[nH]1. The second-order valence-corrected chi connectivity index (χ2v) is 9.06. The molecule has 0 aromatic carbocycles. The van der Waals surface area contributed by atoms with E-state index in [1.807, 2.05) is 11.0 Å². The van der Waals surface area contributed by atoms with Crippen LogP contribution in [0, 0.1) is 5.95 Å². The number of pyridine rings is 1. The zero-order valence-corrected chi connectivity index (χ0v) is 19.0. The normalized spacial score (nSPS) is 19.5. The molecule has 0 spiro atoms. The zero-order valence-electron chi connectivity index (χ0n) is 19.0. The maximum absolute atomic E-state index is 13.1. The number of anilines is 4. The molecular formula is C23H27FN8O2. The molecular weight excluding hydrogens is 439 g/mol. The van der Waals surface area contributed by atoms with E-state index in [1.54, 1.807) is 0 Å². The van der Waals surface area contributed by atoms with Gasteiger partial charge in [0.2, 0.25) is 17.8 Å². The molecule has 11 heteroatoms. The maximum atomic E-state index is 13.1.